The lowest BCUT2D eigenvalue weighted by molar-refractivity contribution is 0.0939. The van der Waals surface area contributed by atoms with E-state index >= 15 is 0 Å². The summed E-state index contributed by atoms with van der Waals surface area (Å²) in [5.74, 6) is 0.707. The van der Waals surface area contributed by atoms with Crippen LogP contribution in [0.4, 0.5) is 0 Å². The second-order valence-electron chi connectivity index (χ2n) is 5.80. The van der Waals surface area contributed by atoms with Crippen LogP contribution < -0.4 is 16.0 Å². The fourth-order valence-electron chi connectivity index (χ4n) is 2.12. The van der Waals surface area contributed by atoms with Gasteiger partial charge in [0.2, 0.25) is 0 Å². The van der Waals surface area contributed by atoms with Crippen molar-refractivity contribution in [2.75, 3.05) is 26.3 Å². The SMILES string of the molecule is CCNC(=NCc1cccc(C(=O)NC(C)CC)c1)NCCOCC. The van der Waals surface area contributed by atoms with Gasteiger partial charge in [-0.3, -0.25) is 4.79 Å². The third-order valence-corrected chi connectivity index (χ3v) is 3.69. The Bertz CT molecular complexity index is 546. The largest absolute Gasteiger partial charge is 0.380 e. The lowest BCUT2D eigenvalue weighted by atomic mass is 10.1. The van der Waals surface area contributed by atoms with Crippen molar-refractivity contribution in [3.63, 3.8) is 0 Å². The normalized spacial score (nSPS) is 12.6. The van der Waals surface area contributed by atoms with Gasteiger partial charge in [0.25, 0.3) is 5.91 Å². The minimum Gasteiger partial charge on any atom is -0.380 e. The fourth-order valence-corrected chi connectivity index (χ4v) is 2.12. The van der Waals surface area contributed by atoms with Crippen LogP contribution in [-0.2, 0) is 11.3 Å². The summed E-state index contributed by atoms with van der Waals surface area (Å²) in [6.07, 6.45) is 0.912. The maximum Gasteiger partial charge on any atom is 0.251 e. The number of aliphatic imine (C=N–C) groups is 1. The van der Waals surface area contributed by atoms with Gasteiger partial charge in [-0.15, -0.1) is 0 Å². The van der Waals surface area contributed by atoms with Gasteiger partial charge in [0.05, 0.1) is 13.2 Å². The Morgan fingerprint density at radius 1 is 1.24 bits per heavy atom. The first-order valence-corrected chi connectivity index (χ1v) is 9.10. The molecule has 0 aliphatic rings. The Morgan fingerprint density at radius 3 is 2.72 bits per heavy atom. The van der Waals surface area contributed by atoms with E-state index in [0.29, 0.717) is 31.9 Å². The van der Waals surface area contributed by atoms with E-state index in [2.05, 4.69) is 27.9 Å². The first-order valence-electron chi connectivity index (χ1n) is 9.10. The number of guanidine groups is 1. The Balaban J connectivity index is 2.66. The summed E-state index contributed by atoms with van der Waals surface area (Å²) in [5, 5.41) is 9.42. The number of hydrogen-bond acceptors (Lipinski definition) is 3. The molecule has 140 valence electrons. The van der Waals surface area contributed by atoms with Crippen molar-refractivity contribution in [2.45, 2.75) is 46.7 Å². The zero-order valence-corrected chi connectivity index (χ0v) is 15.9. The van der Waals surface area contributed by atoms with E-state index in [9.17, 15) is 4.79 Å². The van der Waals surface area contributed by atoms with Crippen LogP contribution in [0.25, 0.3) is 0 Å². The molecule has 0 aromatic heterocycles. The number of amides is 1. The molecule has 6 nitrogen and oxygen atoms in total. The summed E-state index contributed by atoms with van der Waals surface area (Å²) in [6.45, 7) is 11.4. The summed E-state index contributed by atoms with van der Waals surface area (Å²) in [5.41, 5.74) is 1.67. The van der Waals surface area contributed by atoms with Crippen molar-refractivity contribution in [3.8, 4) is 0 Å². The molecular weight excluding hydrogens is 316 g/mol. The summed E-state index contributed by atoms with van der Waals surface area (Å²) in [6, 6.07) is 7.77. The maximum absolute atomic E-state index is 12.2. The summed E-state index contributed by atoms with van der Waals surface area (Å²) in [4.78, 5) is 16.8. The summed E-state index contributed by atoms with van der Waals surface area (Å²) < 4.78 is 5.32. The van der Waals surface area contributed by atoms with Gasteiger partial charge in [-0.25, -0.2) is 4.99 Å². The number of ether oxygens (including phenoxy) is 1. The Morgan fingerprint density at radius 2 is 2.04 bits per heavy atom. The van der Waals surface area contributed by atoms with E-state index in [1.54, 1.807) is 0 Å². The molecular formula is C19H32N4O2. The third kappa shape index (κ3) is 8.54. The van der Waals surface area contributed by atoms with Gasteiger partial charge >= 0.3 is 0 Å². The van der Waals surface area contributed by atoms with Crippen molar-refractivity contribution in [1.82, 2.24) is 16.0 Å². The monoisotopic (exact) mass is 348 g/mol. The quantitative estimate of drug-likeness (QED) is 0.345. The molecule has 0 aliphatic heterocycles. The Kier molecular flexibility index (Phi) is 10.3. The predicted molar refractivity (Wildman–Crippen MR) is 103 cm³/mol. The van der Waals surface area contributed by atoms with Crippen LogP contribution in [0.15, 0.2) is 29.3 Å². The zero-order valence-electron chi connectivity index (χ0n) is 15.9. The van der Waals surface area contributed by atoms with Crippen molar-refractivity contribution in [3.05, 3.63) is 35.4 Å². The molecule has 1 amide bonds. The van der Waals surface area contributed by atoms with Crippen molar-refractivity contribution in [1.29, 1.82) is 0 Å². The third-order valence-electron chi connectivity index (χ3n) is 3.69. The molecule has 1 unspecified atom stereocenters. The molecule has 1 aromatic carbocycles. The van der Waals surface area contributed by atoms with Gasteiger partial charge in [-0.05, 0) is 44.9 Å². The molecule has 6 heteroatoms. The molecule has 25 heavy (non-hydrogen) atoms. The molecule has 0 saturated carbocycles. The van der Waals surface area contributed by atoms with Gasteiger partial charge in [0, 0.05) is 31.3 Å². The molecule has 0 saturated heterocycles. The molecule has 0 radical (unpaired) electrons. The number of carbonyl (C=O) groups is 1. The number of carbonyl (C=O) groups excluding carboxylic acids is 1. The van der Waals surface area contributed by atoms with E-state index in [4.69, 9.17) is 4.74 Å². The Hall–Kier alpha value is -2.08. The maximum atomic E-state index is 12.2. The van der Waals surface area contributed by atoms with Crippen LogP contribution in [0, 0.1) is 0 Å². The van der Waals surface area contributed by atoms with Crippen LogP contribution >= 0.6 is 0 Å². The Labute approximate surface area is 151 Å². The van der Waals surface area contributed by atoms with Gasteiger partial charge in [0.1, 0.15) is 0 Å². The molecule has 0 heterocycles. The van der Waals surface area contributed by atoms with Gasteiger partial charge in [0.15, 0.2) is 5.96 Å². The molecule has 1 atom stereocenters. The lowest BCUT2D eigenvalue weighted by Gasteiger charge is -2.12. The minimum atomic E-state index is -0.0399. The van der Waals surface area contributed by atoms with Gasteiger partial charge in [-0.1, -0.05) is 19.1 Å². The minimum absolute atomic E-state index is 0.0399. The smallest absolute Gasteiger partial charge is 0.251 e. The number of hydrogen-bond donors (Lipinski definition) is 3. The molecule has 0 aliphatic carbocycles. The molecule has 1 rings (SSSR count). The predicted octanol–water partition coefficient (Wildman–Crippen LogP) is 2.31. The van der Waals surface area contributed by atoms with Gasteiger partial charge in [-0.2, -0.15) is 0 Å². The van der Waals surface area contributed by atoms with E-state index in [0.717, 1.165) is 24.5 Å². The molecule has 0 bridgehead atoms. The van der Waals surface area contributed by atoms with E-state index in [1.165, 1.54) is 0 Å². The molecule has 0 spiro atoms. The first-order chi connectivity index (χ1) is 12.1. The van der Waals surface area contributed by atoms with Crippen LogP contribution in [0.2, 0.25) is 0 Å². The second kappa shape index (κ2) is 12.3. The van der Waals surface area contributed by atoms with Crippen LogP contribution in [0.1, 0.15) is 50.0 Å². The highest BCUT2D eigenvalue weighted by Crippen LogP contribution is 2.07. The average Bonchev–Trinajstić information content (AvgIpc) is 2.63. The van der Waals surface area contributed by atoms with Crippen LogP contribution in [0.5, 0.6) is 0 Å². The van der Waals surface area contributed by atoms with E-state index < -0.39 is 0 Å². The number of benzene rings is 1. The average molecular weight is 348 g/mol. The lowest BCUT2D eigenvalue weighted by Crippen LogP contribution is -2.39. The first kappa shape index (κ1) is 21.0. The topological polar surface area (TPSA) is 74.8 Å². The van der Waals surface area contributed by atoms with Crippen molar-refractivity contribution < 1.29 is 9.53 Å². The molecule has 1 aromatic rings. The highest BCUT2D eigenvalue weighted by molar-refractivity contribution is 5.94. The van der Waals surface area contributed by atoms with Crippen LogP contribution in [-0.4, -0.2) is 44.2 Å². The second-order valence-corrected chi connectivity index (χ2v) is 5.80. The molecule has 3 N–H and O–H groups in total. The van der Waals surface area contributed by atoms with Crippen molar-refractivity contribution >= 4 is 11.9 Å². The number of rotatable bonds is 10. The summed E-state index contributed by atoms with van der Waals surface area (Å²) in [7, 11) is 0. The summed E-state index contributed by atoms with van der Waals surface area (Å²) >= 11 is 0. The number of nitrogens with zero attached hydrogens (tertiary/aromatic N) is 1. The highest BCUT2D eigenvalue weighted by atomic mass is 16.5. The van der Waals surface area contributed by atoms with E-state index in [-0.39, 0.29) is 11.9 Å². The molecule has 0 fully saturated rings. The zero-order chi connectivity index (χ0) is 18.5. The van der Waals surface area contributed by atoms with E-state index in [1.807, 2.05) is 45.0 Å². The van der Waals surface area contributed by atoms with Crippen LogP contribution in [0.3, 0.4) is 0 Å². The van der Waals surface area contributed by atoms with Gasteiger partial charge < -0.3 is 20.7 Å². The standard InChI is InChI=1S/C19H32N4O2/c1-5-15(4)23-18(24)17-10-8-9-16(13-17)14-22-19(20-6-2)21-11-12-25-7-3/h8-10,13,15H,5-7,11-12,14H2,1-4H3,(H,23,24)(H2,20,21,22). The fraction of sp³-hybridized carbons (Fsp3) is 0.579. The number of nitrogens with one attached hydrogen (secondary N) is 3. The highest BCUT2D eigenvalue weighted by Gasteiger charge is 2.08. The van der Waals surface area contributed by atoms with Crippen molar-refractivity contribution in [2.24, 2.45) is 4.99 Å².